The molecule has 3 aromatic rings. The number of carbonyl (C=O) groups is 3. The minimum Gasteiger partial charge on any atom is -0.462 e. The van der Waals surface area contributed by atoms with Gasteiger partial charge in [0, 0.05) is 0 Å². The number of rotatable bonds is 7. The third kappa shape index (κ3) is 4.60. The average Bonchev–Trinajstić information content (AvgIpc) is 3.37. The van der Waals surface area contributed by atoms with Crippen LogP contribution in [-0.4, -0.2) is 24.4 Å². The van der Waals surface area contributed by atoms with E-state index in [1.54, 1.807) is 19.9 Å². The van der Waals surface area contributed by atoms with E-state index in [0.29, 0.717) is 10.4 Å². The van der Waals surface area contributed by atoms with E-state index in [2.05, 4.69) is 10.6 Å². The molecule has 2 aromatic heterocycles. The Bertz CT molecular complexity index is 1040. The summed E-state index contributed by atoms with van der Waals surface area (Å²) in [6, 6.07) is 12.4. The Morgan fingerprint density at radius 1 is 1.10 bits per heavy atom. The number of hydrogen-bond acceptors (Lipinski definition) is 6. The van der Waals surface area contributed by atoms with Gasteiger partial charge in [-0.25, -0.2) is 4.79 Å². The third-order valence-electron chi connectivity index (χ3n) is 4.45. The predicted octanol–water partition coefficient (Wildman–Crippen LogP) is 4.57. The molecule has 156 valence electrons. The van der Waals surface area contributed by atoms with Gasteiger partial charge >= 0.3 is 5.97 Å². The van der Waals surface area contributed by atoms with Crippen LogP contribution in [0.4, 0.5) is 5.00 Å². The number of nitrogens with one attached hydrogen (secondary N) is 2. The maximum atomic E-state index is 12.9. The monoisotopic (exact) mass is 426 g/mol. The number of thiophene rings is 1. The second-order valence-electron chi connectivity index (χ2n) is 6.52. The van der Waals surface area contributed by atoms with Gasteiger partial charge in [0.05, 0.1) is 29.4 Å². The second-order valence-corrected chi connectivity index (χ2v) is 7.54. The van der Waals surface area contributed by atoms with Crippen LogP contribution in [0.1, 0.15) is 61.6 Å². The lowest BCUT2D eigenvalue weighted by atomic mass is 10.1. The number of furan rings is 1. The highest BCUT2D eigenvalue weighted by atomic mass is 32.1. The average molecular weight is 426 g/mol. The van der Waals surface area contributed by atoms with Crippen LogP contribution in [0.3, 0.4) is 0 Å². The lowest BCUT2D eigenvalue weighted by molar-refractivity contribution is 0.0527. The van der Waals surface area contributed by atoms with Crippen molar-refractivity contribution in [2.24, 2.45) is 0 Å². The number of hydrogen-bond donors (Lipinski definition) is 2. The van der Waals surface area contributed by atoms with Gasteiger partial charge in [0.1, 0.15) is 5.00 Å². The summed E-state index contributed by atoms with van der Waals surface area (Å²) < 4.78 is 10.2. The Morgan fingerprint density at radius 3 is 2.47 bits per heavy atom. The molecule has 2 heterocycles. The fourth-order valence-corrected chi connectivity index (χ4v) is 4.02. The number of amides is 2. The largest absolute Gasteiger partial charge is 0.462 e. The van der Waals surface area contributed by atoms with Crippen LogP contribution in [0.2, 0.25) is 0 Å². The van der Waals surface area contributed by atoms with Crippen LogP contribution < -0.4 is 10.6 Å². The number of ether oxygens (including phenoxy) is 1. The number of esters is 1. The van der Waals surface area contributed by atoms with Crippen LogP contribution in [0.5, 0.6) is 0 Å². The summed E-state index contributed by atoms with van der Waals surface area (Å²) in [5, 5.41) is 5.83. The summed E-state index contributed by atoms with van der Waals surface area (Å²) in [6.45, 7) is 5.40. The van der Waals surface area contributed by atoms with Crippen molar-refractivity contribution in [3.05, 3.63) is 76.1 Å². The Labute approximate surface area is 178 Å². The van der Waals surface area contributed by atoms with Crippen molar-refractivity contribution in [1.29, 1.82) is 0 Å². The molecular formula is C22H22N2O5S. The lowest BCUT2D eigenvalue weighted by Crippen LogP contribution is -2.26. The second kappa shape index (κ2) is 9.41. The number of benzene rings is 1. The van der Waals surface area contributed by atoms with E-state index in [1.807, 2.05) is 37.3 Å². The van der Waals surface area contributed by atoms with E-state index in [4.69, 9.17) is 9.15 Å². The molecule has 1 unspecified atom stereocenters. The zero-order valence-corrected chi connectivity index (χ0v) is 17.7. The van der Waals surface area contributed by atoms with E-state index in [1.165, 1.54) is 12.3 Å². The molecule has 0 fully saturated rings. The van der Waals surface area contributed by atoms with E-state index in [-0.39, 0.29) is 34.9 Å². The Morgan fingerprint density at radius 2 is 1.83 bits per heavy atom. The molecule has 0 saturated heterocycles. The minimum atomic E-state index is -0.601. The van der Waals surface area contributed by atoms with Crippen molar-refractivity contribution < 1.29 is 23.5 Å². The van der Waals surface area contributed by atoms with Crippen molar-refractivity contribution in [1.82, 2.24) is 5.32 Å². The molecule has 0 aliphatic heterocycles. The Kier molecular flexibility index (Phi) is 6.68. The summed E-state index contributed by atoms with van der Waals surface area (Å²) in [7, 11) is 0. The molecule has 0 saturated carbocycles. The van der Waals surface area contributed by atoms with Gasteiger partial charge in [-0.1, -0.05) is 30.3 Å². The van der Waals surface area contributed by atoms with Crippen molar-refractivity contribution in [2.45, 2.75) is 26.8 Å². The van der Waals surface area contributed by atoms with Crippen LogP contribution in [-0.2, 0) is 4.74 Å². The number of carbonyl (C=O) groups excluding carboxylic acids is 3. The van der Waals surface area contributed by atoms with Gasteiger partial charge in [0.25, 0.3) is 11.8 Å². The standard InChI is InChI=1S/C22H22N2O5S/c1-4-28-22(27)17-13(2)18(20(26)23-14(3)15-9-6-5-7-10-15)30-21(17)24-19(25)16-11-8-12-29-16/h5-12,14H,4H2,1-3H3,(H,23,26)(H,24,25). The molecule has 1 atom stereocenters. The van der Waals surface area contributed by atoms with Crippen molar-refractivity contribution in [3.63, 3.8) is 0 Å². The van der Waals surface area contributed by atoms with Crippen molar-refractivity contribution >= 4 is 34.1 Å². The maximum Gasteiger partial charge on any atom is 0.341 e. The minimum absolute atomic E-state index is 0.0968. The Hall–Kier alpha value is -3.39. The van der Waals surface area contributed by atoms with Gasteiger partial charge in [-0.15, -0.1) is 11.3 Å². The van der Waals surface area contributed by atoms with E-state index >= 15 is 0 Å². The maximum absolute atomic E-state index is 12.9. The first-order valence-electron chi connectivity index (χ1n) is 9.43. The molecule has 0 radical (unpaired) electrons. The summed E-state index contributed by atoms with van der Waals surface area (Å²) in [5.41, 5.74) is 1.57. The molecule has 2 amide bonds. The zero-order chi connectivity index (χ0) is 21.7. The van der Waals surface area contributed by atoms with E-state index < -0.39 is 11.9 Å². The molecule has 2 N–H and O–H groups in total. The molecule has 0 bridgehead atoms. The first kappa shape index (κ1) is 21.3. The van der Waals surface area contributed by atoms with Crippen LogP contribution in [0.25, 0.3) is 0 Å². The third-order valence-corrected chi connectivity index (χ3v) is 5.66. The SMILES string of the molecule is CCOC(=O)c1c(NC(=O)c2ccco2)sc(C(=O)NC(C)c2ccccc2)c1C. The summed E-state index contributed by atoms with van der Waals surface area (Å²) in [6.07, 6.45) is 1.38. The highest BCUT2D eigenvalue weighted by Gasteiger charge is 2.27. The summed E-state index contributed by atoms with van der Waals surface area (Å²) >= 11 is 1.02. The van der Waals surface area contributed by atoms with Crippen molar-refractivity contribution in [2.75, 3.05) is 11.9 Å². The smallest absolute Gasteiger partial charge is 0.341 e. The zero-order valence-electron chi connectivity index (χ0n) is 16.9. The predicted molar refractivity (Wildman–Crippen MR) is 114 cm³/mol. The van der Waals surface area contributed by atoms with Gasteiger partial charge in [0.15, 0.2) is 5.76 Å². The normalized spacial score (nSPS) is 11.6. The fourth-order valence-electron chi connectivity index (χ4n) is 2.93. The molecule has 0 spiro atoms. The van der Waals surface area contributed by atoms with Gasteiger partial charge in [0.2, 0.25) is 0 Å². The molecular weight excluding hydrogens is 404 g/mol. The van der Waals surface area contributed by atoms with Crippen LogP contribution in [0.15, 0.2) is 53.1 Å². The fraction of sp³-hybridized carbons (Fsp3) is 0.227. The lowest BCUT2D eigenvalue weighted by Gasteiger charge is -2.14. The van der Waals surface area contributed by atoms with Gasteiger partial charge < -0.3 is 19.8 Å². The Balaban J connectivity index is 1.89. The topological polar surface area (TPSA) is 97.6 Å². The van der Waals surface area contributed by atoms with E-state index in [9.17, 15) is 14.4 Å². The first-order chi connectivity index (χ1) is 14.4. The molecule has 1 aromatic carbocycles. The van der Waals surface area contributed by atoms with Gasteiger partial charge in [-0.3, -0.25) is 9.59 Å². The van der Waals surface area contributed by atoms with Crippen LogP contribution in [0, 0.1) is 6.92 Å². The molecule has 0 aliphatic carbocycles. The molecule has 3 rings (SSSR count). The molecule has 0 aliphatic rings. The number of anilines is 1. The van der Waals surface area contributed by atoms with Gasteiger partial charge in [-0.05, 0) is 44.0 Å². The highest BCUT2D eigenvalue weighted by molar-refractivity contribution is 7.18. The van der Waals surface area contributed by atoms with E-state index in [0.717, 1.165) is 16.9 Å². The first-order valence-corrected chi connectivity index (χ1v) is 10.2. The summed E-state index contributed by atoms with van der Waals surface area (Å²) in [5.74, 6) is -1.36. The molecule has 7 nitrogen and oxygen atoms in total. The molecule has 30 heavy (non-hydrogen) atoms. The summed E-state index contributed by atoms with van der Waals surface area (Å²) in [4.78, 5) is 38.2. The van der Waals surface area contributed by atoms with Crippen LogP contribution >= 0.6 is 11.3 Å². The van der Waals surface area contributed by atoms with Gasteiger partial charge in [-0.2, -0.15) is 0 Å². The quantitative estimate of drug-likeness (QED) is 0.540. The molecule has 8 heteroatoms. The highest BCUT2D eigenvalue weighted by Crippen LogP contribution is 2.34. The van der Waals surface area contributed by atoms with Crippen molar-refractivity contribution in [3.8, 4) is 0 Å².